The van der Waals surface area contributed by atoms with E-state index in [-0.39, 0.29) is 0 Å². The average molecular weight is 266 g/mol. The van der Waals surface area contributed by atoms with Crippen LogP contribution < -0.4 is 5.32 Å². The molecule has 0 saturated carbocycles. The van der Waals surface area contributed by atoms with Crippen LogP contribution in [-0.2, 0) is 6.54 Å². The van der Waals surface area contributed by atoms with Gasteiger partial charge in [0.2, 0.25) is 0 Å². The van der Waals surface area contributed by atoms with Gasteiger partial charge in [-0.15, -0.1) is 0 Å². The molecule has 15 heavy (non-hydrogen) atoms. The fourth-order valence-corrected chi connectivity index (χ4v) is 1.99. The average Bonchev–Trinajstić information content (AvgIpc) is 2.69. The van der Waals surface area contributed by atoms with Crippen molar-refractivity contribution in [1.82, 2.24) is 0 Å². The van der Waals surface area contributed by atoms with Crippen LogP contribution in [0.5, 0.6) is 0 Å². The Labute approximate surface area is 97.4 Å². The van der Waals surface area contributed by atoms with E-state index in [2.05, 4.69) is 46.4 Å². The van der Waals surface area contributed by atoms with Crippen LogP contribution in [0.25, 0.3) is 0 Å². The van der Waals surface area contributed by atoms with Gasteiger partial charge in [0.1, 0.15) is 0 Å². The third kappa shape index (κ3) is 2.63. The molecule has 2 aromatic rings. The summed E-state index contributed by atoms with van der Waals surface area (Å²) in [5, 5.41) is 3.34. The molecule has 1 aromatic carbocycles. The molecule has 0 unspecified atom stereocenters. The molecule has 0 spiro atoms. The van der Waals surface area contributed by atoms with Crippen molar-refractivity contribution in [1.29, 1.82) is 0 Å². The number of hydrogen-bond donors (Lipinski definition) is 1. The Morgan fingerprint density at radius 2 is 2.20 bits per heavy atom. The summed E-state index contributed by atoms with van der Waals surface area (Å²) in [6.07, 6.45) is 3.43. The second kappa shape index (κ2) is 4.53. The van der Waals surface area contributed by atoms with Crippen LogP contribution in [0.2, 0.25) is 0 Å². The quantitative estimate of drug-likeness (QED) is 0.909. The van der Waals surface area contributed by atoms with Gasteiger partial charge < -0.3 is 9.73 Å². The van der Waals surface area contributed by atoms with Crippen LogP contribution in [0.1, 0.15) is 11.1 Å². The predicted octanol–water partition coefficient (Wildman–Crippen LogP) is 3.96. The molecule has 78 valence electrons. The summed E-state index contributed by atoms with van der Waals surface area (Å²) in [5.41, 5.74) is 3.49. The number of halogens is 1. The maximum atomic E-state index is 5.00. The fourth-order valence-electron chi connectivity index (χ4n) is 1.35. The number of nitrogens with one attached hydrogen (secondary N) is 1. The first-order chi connectivity index (χ1) is 7.25. The van der Waals surface area contributed by atoms with Gasteiger partial charge in [-0.3, -0.25) is 0 Å². The summed E-state index contributed by atoms with van der Waals surface area (Å²) in [4.78, 5) is 0. The van der Waals surface area contributed by atoms with Crippen LogP contribution in [0, 0.1) is 6.92 Å². The minimum absolute atomic E-state index is 0.776. The lowest BCUT2D eigenvalue weighted by Gasteiger charge is -2.07. The zero-order chi connectivity index (χ0) is 10.7. The van der Waals surface area contributed by atoms with Crippen molar-refractivity contribution in [2.75, 3.05) is 5.32 Å². The maximum absolute atomic E-state index is 5.00. The van der Waals surface area contributed by atoms with E-state index in [1.807, 2.05) is 6.07 Å². The highest BCUT2D eigenvalue weighted by molar-refractivity contribution is 9.10. The summed E-state index contributed by atoms with van der Waals surface area (Å²) in [6.45, 7) is 2.85. The van der Waals surface area contributed by atoms with Crippen LogP contribution in [0.4, 0.5) is 5.69 Å². The Kier molecular flexibility index (Phi) is 3.11. The Morgan fingerprint density at radius 3 is 2.87 bits per heavy atom. The topological polar surface area (TPSA) is 25.2 Å². The second-order valence-electron chi connectivity index (χ2n) is 3.47. The van der Waals surface area contributed by atoms with Crippen LogP contribution in [-0.4, -0.2) is 0 Å². The molecule has 0 bridgehead atoms. The molecule has 0 radical (unpaired) electrons. The Bertz CT molecular complexity index is 437. The Hall–Kier alpha value is -1.22. The lowest BCUT2D eigenvalue weighted by molar-refractivity contribution is 0.564. The van der Waals surface area contributed by atoms with E-state index >= 15 is 0 Å². The van der Waals surface area contributed by atoms with E-state index < -0.39 is 0 Å². The summed E-state index contributed by atoms with van der Waals surface area (Å²) < 4.78 is 6.09. The number of rotatable bonds is 3. The Balaban J connectivity index is 2.05. The minimum atomic E-state index is 0.776. The van der Waals surface area contributed by atoms with Gasteiger partial charge >= 0.3 is 0 Å². The fraction of sp³-hybridized carbons (Fsp3) is 0.167. The number of anilines is 1. The van der Waals surface area contributed by atoms with Gasteiger partial charge in [-0.2, -0.15) is 0 Å². The summed E-state index contributed by atoms with van der Waals surface area (Å²) in [5.74, 6) is 0. The molecule has 0 fully saturated rings. The van der Waals surface area contributed by atoms with Gasteiger partial charge in [0, 0.05) is 22.3 Å². The summed E-state index contributed by atoms with van der Waals surface area (Å²) in [6, 6.07) is 8.20. The molecule has 2 rings (SSSR count). The second-order valence-corrected chi connectivity index (χ2v) is 4.32. The zero-order valence-corrected chi connectivity index (χ0v) is 10.0. The molecule has 0 saturated heterocycles. The molecule has 0 amide bonds. The molecular weight excluding hydrogens is 254 g/mol. The lowest BCUT2D eigenvalue weighted by Crippen LogP contribution is -1.98. The van der Waals surface area contributed by atoms with E-state index in [0.29, 0.717) is 0 Å². The van der Waals surface area contributed by atoms with Crippen LogP contribution >= 0.6 is 15.9 Å². The number of benzene rings is 1. The van der Waals surface area contributed by atoms with E-state index in [1.54, 1.807) is 12.5 Å². The van der Waals surface area contributed by atoms with Gasteiger partial charge in [-0.1, -0.05) is 6.07 Å². The van der Waals surface area contributed by atoms with Crippen LogP contribution in [0.15, 0.2) is 45.7 Å². The summed E-state index contributed by atoms with van der Waals surface area (Å²) >= 11 is 3.53. The molecule has 0 aliphatic heterocycles. The van der Waals surface area contributed by atoms with Crippen molar-refractivity contribution >= 4 is 21.6 Å². The molecule has 0 aliphatic rings. The van der Waals surface area contributed by atoms with Crippen LogP contribution in [0.3, 0.4) is 0 Å². The molecule has 1 N–H and O–H groups in total. The predicted molar refractivity (Wildman–Crippen MR) is 64.9 cm³/mol. The van der Waals surface area contributed by atoms with Crippen molar-refractivity contribution in [3.05, 3.63) is 52.4 Å². The highest BCUT2D eigenvalue weighted by atomic mass is 79.9. The van der Waals surface area contributed by atoms with Crippen molar-refractivity contribution in [2.24, 2.45) is 0 Å². The Morgan fingerprint density at radius 1 is 1.33 bits per heavy atom. The summed E-state index contributed by atoms with van der Waals surface area (Å²) in [7, 11) is 0. The third-order valence-corrected chi connectivity index (χ3v) is 2.84. The molecule has 0 atom stereocenters. The van der Waals surface area contributed by atoms with E-state index in [1.165, 1.54) is 5.56 Å². The molecule has 0 aliphatic carbocycles. The number of aryl methyl sites for hydroxylation is 1. The first kappa shape index (κ1) is 10.3. The standard InChI is InChI=1S/C12H12BrNO/c1-9-2-3-12(11(13)6-9)14-7-10-4-5-15-8-10/h2-6,8,14H,7H2,1H3. The lowest BCUT2D eigenvalue weighted by atomic mass is 10.2. The number of furan rings is 1. The van der Waals surface area contributed by atoms with Gasteiger partial charge in [0.25, 0.3) is 0 Å². The van der Waals surface area contributed by atoms with Crippen molar-refractivity contribution in [3.63, 3.8) is 0 Å². The first-order valence-corrected chi connectivity index (χ1v) is 5.56. The number of hydrogen-bond acceptors (Lipinski definition) is 2. The monoisotopic (exact) mass is 265 g/mol. The van der Waals surface area contributed by atoms with E-state index in [4.69, 9.17) is 4.42 Å². The van der Waals surface area contributed by atoms with Crippen molar-refractivity contribution in [2.45, 2.75) is 13.5 Å². The zero-order valence-electron chi connectivity index (χ0n) is 8.46. The van der Waals surface area contributed by atoms with Gasteiger partial charge in [0.05, 0.1) is 12.5 Å². The highest BCUT2D eigenvalue weighted by Gasteiger charge is 2.00. The molecule has 2 nitrogen and oxygen atoms in total. The SMILES string of the molecule is Cc1ccc(NCc2ccoc2)c(Br)c1. The van der Waals surface area contributed by atoms with E-state index in [0.717, 1.165) is 22.3 Å². The largest absolute Gasteiger partial charge is 0.472 e. The first-order valence-electron chi connectivity index (χ1n) is 4.77. The van der Waals surface area contributed by atoms with E-state index in [9.17, 15) is 0 Å². The third-order valence-electron chi connectivity index (χ3n) is 2.19. The molecule has 1 aromatic heterocycles. The maximum Gasteiger partial charge on any atom is 0.0952 e. The highest BCUT2D eigenvalue weighted by Crippen LogP contribution is 2.23. The molecular formula is C12H12BrNO. The normalized spacial score (nSPS) is 10.3. The van der Waals surface area contributed by atoms with Crippen molar-refractivity contribution < 1.29 is 4.42 Å². The minimum Gasteiger partial charge on any atom is -0.472 e. The smallest absolute Gasteiger partial charge is 0.0952 e. The molecule has 1 heterocycles. The van der Waals surface area contributed by atoms with Gasteiger partial charge in [-0.25, -0.2) is 0 Å². The van der Waals surface area contributed by atoms with Crippen molar-refractivity contribution in [3.8, 4) is 0 Å². The molecule has 3 heteroatoms. The van der Waals surface area contributed by atoms with Gasteiger partial charge in [-0.05, 0) is 46.6 Å². The van der Waals surface area contributed by atoms with Gasteiger partial charge in [0.15, 0.2) is 0 Å².